The summed E-state index contributed by atoms with van der Waals surface area (Å²) in [6.07, 6.45) is 2.84. The maximum atomic E-state index is 8.88. The number of aliphatic hydroxyl groups is 1. The molecule has 0 saturated heterocycles. The second kappa shape index (κ2) is 6.53. The van der Waals surface area contributed by atoms with Gasteiger partial charge in [-0.3, -0.25) is 4.98 Å². The summed E-state index contributed by atoms with van der Waals surface area (Å²) in [5.41, 5.74) is 2.41. The van der Waals surface area contributed by atoms with Crippen molar-refractivity contribution in [3.8, 4) is 0 Å². The van der Waals surface area contributed by atoms with Crippen LogP contribution in [0.4, 0.5) is 0 Å². The van der Waals surface area contributed by atoms with Gasteiger partial charge in [0.15, 0.2) is 0 Å². The molecular formula is C12H20N2O. The Kier molecular flexibility index (Phi) is 5.29. The summed E-state index contributed by atoms with van der Waals surface area (Å²) in [5, 5.41) is 12.2. The van der Waals surface area contributed by atoms with Crippen molar-refractivity contribution in [1.29, 1.82) is 0 Å². The number of aryl methyl sites for hydroxylation is 1. The highest BCUT2D eigenvalue weighted by Gasteiger charge is 2.02. The van der Waals surface area contributed by atoms with Gasteiger partial charge in [-0.1, -0.05) is 19.9 Å². The lowest BCUT2D eigenvalue weighted by Crippen LogP contribution is -2.23. The summed E-state index contributed by atoms with van der Waals surface area (Å²) in [5.74, 6) is 0.304. The van der Waals surface area contributed by atoms with Crippen molar-refractivity contribution < 1.29 is 5.11 Å². The van der Waals surface area contributed by atoms with E-state index in [2.05, 4.69) is 23.3 Å². The van der Waals surface area contributed by atoms with Crippen LogP contribution in [0.3, 0.4) is 0 Å². The van der Waals surface area contributed by atoms with E-state index in [4.69, 9.17) is 5.11 Å². The molecule has 1 aromatic heterocycles. The first-order valence-electron chi connectivity index (χ1n) is 5.52. The highest BCUT2D eigenvalue weighted by molar-refractivity contribution is 5.19. The maximum Gasteiger partial charge on any atom is 0.0573 e. The van der Waals surface area contributed by atoms with E-state index in [1.54, 1.807) is 0 Å². The van der Waals surface area contributed by atoms with Gasteiger partial charge in [-0.2, -0.15) is 0 Å². The molecule has 0 bridgehead atoms. The second-order valence-corrected chi connectivity index (χ2v) is 3.88. The van der Waals surface area contributed by atoms with E-state index in [0.717, 1.165) is 25.2 Å². The minimum atomic E-state index is 0.232. The zero-order valence-electron chi connectivity index (χ0n) is 9.53. The number of nitrogens with one attached hydrogen (secondary N) is 1. The molecule has 1 rings (SSSR count). The van der Waals surface area contributed by atoms with Gasteiger partial charge in [-0.15, -0.1) is 0 Å². The number of aliphatic hydroxyl groups excluding tert-OH is 1. The molecule has 0 amide bonds. The van der Waals surface area contributed by atoms with Crippen molar-refractivity contribution in [3.05, 3.63) is 29.6 Å². The molecule has 0 fully saturated rings. The van der Waals surface area contributed by atoms with Crippen molar-refractivity contribution in [1.82, 2.24) is 10.3 Å². The van der Waals surface area contributed by atoms with Gasteiger partial charge < -0.3 is 10.4 Å². The van der Waals surface area contributed by atoms with Crippen LogP contribution in [-0.2, 0) is 13.0 Å². The van der Waals surface area contributed by atoms with Crippen molar-refractivity contribution in [3.63, 3.8) is 0 Å². The van der Waals surface area contributed by atoms with E-state index in [1.165, 1.54) is 5.56 Å². The number of hydrogen-bond donors (Lipinski definition) is 2. The van der Waals surface area contributed by atoms with Crippen LogP contribution in [0, 0.1) is 5.92 Å². The fraction of sp³-hybridized carbons (Fsp3) is 0.583. The topological polar surface area (TPSA) is 45.2 Å². The molecule has 1 aromatic rings. The van der Waals surface area contributed by atoms with Gasteiger partial charge in [-0.05, 0) is 24.0 Å². The summed E-state index contributed by atoms with van der Waals surface area (Å²) in [7, 11) is 0. The van der Waals surface area contributed by atoms with Crippen LogP contribution in [0.5, 0.6) is 0 Å². The fourth-order valence-corrected chi connectivity index (χ4v) is 1.45. The zero-order valence-corrected chi connectivity index (χ0v) is 9.53. The van der Waals surface area contributed by atoms with Crippen molar-refractivity contribution in [2.45, 2.75) is 26.8 Å². The van der Waals surface area contributed by atoms with E-state index in [0.29, 0.717) is 5.92 Å². The molecule has 3 nitrogen and oxygen atoms in total. The lowest BCUT2D eigenvalue weighted by molar-refractivity contribution is 0.233. The minimum absolute atomic E-state index is 0.232. The van der Waals surface area contributed by atoms with Crippen LogP contribution >= 0.6 is 0 Å². The highest BCUT2D eigenvalue weighted by Crippen LogP contribution is 2.05. The molecule has 0 saturated carbocycles. The minimum Gasteiger partial charge on any atom is -0.396 e. The van der Waals surface area contributed by atoms with Gasteiger partial charge in [0.1, 0.15) is 0 Å². The number of pyridine rings is 1. The summed E-state index contributed by atoms with van der Waals surface area (Å²) < 4.78 is 0. The van der Waals surface area contributed by atoms with Gasteiger partial charge >= 0.3 is 0 Å². The summed E-state index contributed by atoms with van der Waals surface area (Å²) in [4.78, 5) is 4.35. The fourth-order valence-electron chi connectivity index (χ4n) is 1.45. The quantitative estimate of drug-likeness (QED) is 0.742. The van der Waals surface area contributed by atoms with Gasteiger partial charge in [0.25, 0.3) is 0 Å². The van der Waals surface area contributed by atoms with Crippen molar-refractivity contribution in [2.75, 3.05) is 13.2 Å². The largest absolute Gasteiger partial charge is 0.396 e. The first-order chi connectivity index (χ1) is 7.27. The third-order valence-corrected chi connectivity index (χ3v) is 2.46. The van der Waals surface area contributed by atoms with E-state index in [9.17, 15) is 0 Å². The third kappa shape index (κ3) is 3.98. The van der Waals surface area contributed by atoms with Gasteiger partial charge in [0, 0.05) is 25.9 Å². The monoisotopic (exact) mass is 208 g/mol. The molecule has 1 heterocycles. The first-order valence-corrected chi connectivity index (χ1v) is 5.52. The summed E-state index contributed by atoms with van der Waals surface area (Å²) in [6.45, 7) is 6.00. The molecule has 0 radical (unpaired) electrons. The Morgan fingerprint density at radius 2 is 2.33 bits per heavy atom. The van der Waals surface area contributed by atoms with Crippen LogP contribution in [0.15, 0.2) is 18.3 Å². The Labute approximate surface area is 91.5 Å². The number of hydrogen-bond acceptors (Lipinski definition) is 3. The molecule has 2 N–H and O–H groups in total. The van der Waals surface area contributed by atoms with E-state index in [-0.39, 0.29) is 6.61 Å². The van der Waals surface area contributed by atoms with Gasteiger partial charge in [0.2, 0.25) is 0 Å². The molecule has 3 heteroatoms. The number of rotatable bonds is 6. The third-order valence-electron chi connectivity index (χ3n) is 2.46. The van der Waals surface area contributed by atoms with Crippen molar-refractivity contribution in [2.24, 2.45) is 5.92 Å². The molecule has 15 heavy (non-hydrogen) atoms. The van der Waals surface area contributed by atoms with Crippen molar-refractivity contribution >= 4 is 0 Å². The average Bonchev–Trinajstić information content (AvgIpc) is 2.29. The summed E-state index contributed by atoms with van der Waals surface area (Å²) in [6, 6.07) is 4.08. The molecule has 0 aliphatic rings. The van der Waals surface area contributed by atoms with Crippen LogP contribution in [0.2, 0.25) is 0 Å². The normalized spacial score (nSPS) is 12.7. The molecular weight excluding hydrogens is 188 g/mol. The van der Waals surface area contributed by atoms with E-state index < -0.39 is 0 Å². The smallest absolute Gasteiger partial charge is 0.0573 e. The Morgan fingerprint density at radius 3 is 3.00 bits per heavy atom. The highest BCUT2D eigenvalue weighted by atomic mass is 16.3. The Bertz CT molecular complexity index is 289. The Hall–Kier alpha value is -0.930. The maximum absolute atomic E-state index is 8.88. The van der Waals surface area contributed by atoms with Gasteiger partial charge in [-0.25, -0.2) is 0 Å². The zero-order chi connectivity index (χ0) is 11.1. The lowest BCUT2D eigenvalue weighted by atomic mass is 10.1. The molecule has 1 atom stereocenters. The van der Waals surface area contributed by atoms with Gasteiger partial charge in [0.05, 0.1) is 5.69 Å². The number of nitrogens with zero attached hydrogens (tertiary/aromatic N) is 1. The molecule has 0 aliphatic carbocycles. The standard InChI is InChI=1S/C12H20N2O/c1-3-11-5-4-6-14-12(11)8-13-7-10(2)9-15/h4-6,10,13,15H,3,7-9H2,1-2H3. The van der Waals surface area contributed by atoms with Crippen LogP contribution < -0.4 is 5.32 Å². The number of aromatic nitrogens is 1. The molecule has 0 aromatic carbocycles. The van der Waals surface area contributed by atoms with Crippen LogP contribution in [0.1, 0.15) is 25.1 Å². The molecule has 84 valence electrons. The average molecular weight is 208 g/mol. The molecule has 0 spiro atoms. The lowest BCUT2D eigenvalue weighted by Gasteiger charge is -2.10. The SMILES string of the molecule is CCc1cccnc1CNCC(C)CO. The molecule has 1 unspecified atom stereocenters. The van der Waals surface area contributed by atoms with Crippen LogP contribution in [0.25, 0.3) is 0 Å². The Balaban J connectivity index is 2.43. The van der Waals surface area contributed by atoms with E-state index >= 15 is 0 Å². The summed E-state index contributed by atoms with van der Waals surface area (Å²) >= 11 is 0. The Morgan fingerprint density at radius 1 is 1.53 bits per heavy atom. The predicted octanol–water partition coefficient (Wildman–Crippen LogP) is 1.36. The van der Waals surface area contributed by atoms with E-state index in [1.807, 2.05) is 19.2 Å². The first kappa shape index (κ1) is 12.1. The predicted molar refractivity (Wildman–Crippen MR) is 61.6 cm³/mol. The second-order valence-electron chi connectivity index (χ2n) is 3.88. The molecule has 0 aliphatic heterocycles. The van der Waals surface area contributed by atoms with Crippen LogP contribution in [-0.4, -0.2) is 23.2 Å².